The summed E-state index contributed by atoms with van der Waals surface area (Å²) in [7, 11) is 0. The molecule has 5 nitrogen and oxygen atoms in total. The van der Waals surface area contributed by atoms with Gasteiger partial charge in [-0.25, -0.2) is 5.48 Å². The number of benzene rings is 1. The van der Waals surface area contributed by atoms with Crippen molar-refractivity contribution in [2.24, 2.45) is 0 Å². The van der Waals surface area contributed by atoms with Crippen LogP contribution in [0.5, 0.6) is 0 Å². The van der Waals surface area contributed by atoms with Crippen molar-refractivity contribution in [2.45, 2.75) is 18.9 Å². The third-order valence-corrected chi connectivity index (χ3v) is 2.19. The minimum atomic E-state index is -0.518. The van der Waals surface area contributed by atoms with Gasteiger partial charge in [0.15, 0.2) is 0 Å². The van der Waals surface area contributed by atoms with Gasteiger partial charge in [-0.2, -0.15) is 0 Å². The van der Waals surface area contributed by atoms with Crippen LogP contribution in [0, 0.1) is 0 Å². The lowest BCUT2D eigenvalue weighted by Gasteiger charge is -2.14. The minimum Gasteiger partial charge on any atom is -0.355 e. The molecule has 0 unspecified atom stereocenters. The standard InChI is InChI=1S/C11H14N2O3/c14-8-12-10(7-11(15)13-16)6-9-4-2-1-3-5-9/h1-5,8,10,16H,6-7H2,(H,12,14)(H,13,15)/t10-/m1/s1. The van der Waals surface area contributed by atoms with Crippen molar-refractivity contribution in [2.75, 3.05) is 0 Å². The van der Waals surface area contributed by atoms with E-state index >= 15 is 0 Å². The van der Waals surface area contributed by atoms with Gasteiger partial charge in [0.25, 0.3) is 0 Å². The van der Waals surface area contributed by atoms with Crippen LogP contribution in [0.15, 0.2) is 30.3 Å². The van der Waals surface area contributed by atoms with Gasteiger partial charge in [0.1, 0.15) is 0 Å². The second kappa shape index (κ2) is 6.58. The minimum absolute atomic E-state index is 0.0458. The first-order chi connectivity index (χ1) is 7.76. The van der Waals surface area contributed by atoms with E-state index in [0.717, 1.165) is 5.56 Å². The number of rotatable bonds is 6. The van der Waals surface area contributed by atoms with Crippen LogP contribution in [0.1, 0.15) is 12.0 Å². The highest BCUT2D eigenvalue weighted by atomic mass is 16.5. The number of hydroxylamine groups is 1. The second-order valence-electron chi connectivity index (χ2n) is 3.41. The summed E-state index contributed by atoms with van der Waals surface area (Å²) in [6.07, 6.45) is 1.15. The molecule has 1 aromatic carbocycles. The van der Waals surface area contributed by atoms with E-state index in [9.17, 15) is 9.59 Å². The van der Waals surface area contributed by atoms with Gasteiger partial charge in [0, 0.05) is 12.5 Å². The van der Waals surface area contributed by atoms with Crippen LogP contribution >= 0.6 is 0 Å². The second-order valence-corrected chi connectivity index (χ2v) is 3.41. The normalized spacial score (nSPS) is 11.6. The van der Waals surface area contributed by atoms with Crippen molar-refractivity contribution >= 4 is 12.3 Å². The number of hydrogen-bond donors (Lipinski definition) is 3. The topological polar surface area (TPSA) is 78.4 Å². The van der Waals surface area contributed by atoms with Crippen LogP contribution in [-0.2, 0) is 16.0 Å². The summed E-state index contributed by atoms with van der Waals surface area (Å²) in [4.78, 5) is 21.3. The molecule has 0 aliphatic carbocycles. The van der Waals surface area contributed by atoms with E-state index in [0.29, 0.717) is 12.8 Å². The number of carbonyl (C=O) groups is 2. The Morgan fingerprint density at radius 1 is 1.38 bits per heavy atom. The zero-order valence-corrected chi connectivity index (χ0v) is 8.72. The quantitative estimate of drug-likeness (QED) is 0.366. The smallest absolute Gasteiger partial charge is 0.245 e. The Labute approximate surface area is 93.4 Å². The predicted octanol–water partition coefficient (Wildman–Crippen LogP) is 0.239. The van der Waals surface area contributed by atoms with Crippen LogP contribution in [0.25, 0.3) is 0 Å². The van der Waals surface area contributed by atoms with Crippen molar-refractivity contribution in [1.29, 1.82) is 0 Å². The summed E-state index contributed by atoms with van der Waals surface area (Å²) in [5.74, 6) is -0.518. The van der Waals surface area contributed by atoms with Crippen LogP contribution in [-0.4, -0.2) is 23.6 Å². The Hall–Kier alpha value is -1.88. The molecule has 3 N–H and O–H groups in total. The average Bonchev–Trinajstić information content (AvgIpc) is 2.30. The van der Waals surface area contributed by atoms with Crippen LogP contribution in [0.4, 0.5) is 0 Å². The fourth-order valence-electron chi connectivity index (χ4n) is 1.45. The summed E-state index contributed by atoms with van der Waals surface area (Å²) in [6.45, 7) is 0. The van der Waals surface area contributed by atoms with Gasteiger partial charge in [-0.05, 0) is 12.0 Å². The molecule has 0 radical (unpaired) electrons. The molecule has 1 atom stereocenters. The largest absolute Gasteiger partial charge is 0.355 e. The van der Waals surface area contributed by atoms with Crippen LogP contribution in [0.2, 0.25) is 0 Å². The molecule has 0 aliphatic rings. The van der Waals surface area contributed by atoms with Crippen molar-refractivity contribution in [3.8, 4) is 0 Å². The molecule has 0 bridgehead atoms. The highest BCUT2D eigenvalue weighted by Crippen LogP contribution is 2.05. The molecular weight excluding hydrogens is 208 g/mol. The van der Waals surface area contributed by atoms with Gasteiger partial charge in [-0.1, -0.05) is 30.3 Å². The van der Waals surface area contributed by atoms with E-state index in [1.165, 1.54) is 0 Å². The first-order valence-electron chi connectivity index (χ1n) is 4.93. The Bertz CT molecular complexity index is 340. The zero-order valence-electron chi connectivity index (χ0n) is 8.72. The van der Waals surface area contributed by atoms with Crippen LogP contribution in [0.3, 0.4) is 0 Å². The van der Waals surface area contributed by atoms with Gasteiger partial charge in [0.2, 0.25) is 12.3 Å². The summed E-state index contributed by atoms with van der Waals surface area (Å²) in [5.41, 5.74) is 2.57. The lowest BCUT2D eigenvalue weighted by atomic mass is 10.0. The lowest BCUT2D eigenvalue weighted by Crippen LogP contribution is -2.35. The lowest BCUT2D eigenvalue weighted by molar-refractivity contribution is -0.129. The SMILES string of the molecule is O=CN[C@@H](CC(=O)NO)Cc1ccccc1. The summed E-state index contributed by atoms with van der Waals surface area (Å²) in [5, 5.41) is 10.9. The van der Waals surface area contributed by atoms with Gasteiger partial charge in [-0.3, -0.25) is 14.8 Å². The summed E-state index contributed by atoms with van der Waals surface area (Å²) < 4.78 is 0. The Morgan fingerprint density at radius 3 is 2.62 bits per heavy atom. The molecule has 2 amide bonds. The van der Waals surface area contributed by atoms with Gasteiger partial charge in [0.05, 0.1) is 0 Å². The fourth-order valence-corrected chi connectivity index (χ4v) is 1.45. The molecule has 0 saturated heterocycles. The Balaban J connectivity index is 2.57. The van der Waals surface area contributed by atoms with Crippen molar-refractivity contribution in [1.82, 2.24) is 10.8 Å². The number of hydrogen-bond acceptors (Lipinski definition) is 3. The molecule has 1 rings (SSSR count). The van der Waals surface area contributed by atoms with E-state index in [1.54, 1.807) is 5.48 Å². The maximum Gasteiger partial charge on any atom is 0.245 e. The molecule has 86 valence electrons. The van der Waals surface area contributed by atoms with E-state index in [1.807, 2.05) is 30.3 Å². The van der Waals surface area contributed by atoms with Gasteiger partial charge in [-0.15, -0.1) is 0 Å². The monoisotopic (exact) mass is 222 g/mol. The fraction of sp³-hybridized carbons (Fsp3) is 0.273. The van der Waals surface area contributed by atoms with E-state index in [4.69, 9.17) is 5.21 Å². The highest BCUT2D eigenvalue weighted by Gasteiger charge is 2.12. The first-order valence-corrected chi connectivity index (χ1v) is 4.93. The molecule has 0 aliphatic heterocycles. The van der Waals surface area contributed by atoms with E-state index < -0.39 is 5.91 Å². The molecule has 0 aromatic heterocycles. The zero-order chi connectivity index (χ0) is 11.8. The number of amides is 2. The first kappa shape index (κ1) is 12.2. The number of nitrogens with one attached hydrogen (secondary N) is 2. The molecule has 1 aromatic rings. The van der Waals surface area contributed by atoms with Crippen molar-refractivity contribution in [3.63, 3.8) is 0 Å². The molecular formula is C11H14N2O3. The summed E-state index contributed by atoms with van der Waals surface area (Å²) in [6, 6.07) is 9.18. The molecule has 0 spiro atoms. The van der Waals surface area contributed by atoms with Crippen molar-refractivity contribution in [3.05, 3.63) is 35.9 Å². The summed E-state index contributed by atoms with van der Waals surface area (Å²) >= 11 is 0. The third-order valence-electron chi connectivity index (χ3n) is 2.19. The molecule has 16 heavy (non-hydrogen) atoms. The molecule has 0 saturated carbocycles. The molecule has 0 heterocycles. The van der Waals surface area contributed by atoms with Crippen LogP contribution < -0.4 is 10.8 Å². The average molecular weight is 222 g/mol. The van der Waals surface area contributed by atoms with E-state index in [2.05, 4.69) is 5.32 Å². The van der Waals surface area contributed by atoms with Gasteiger partial charge >= 0.3 is 0 Å². The van der Waals surface area contributed by atoms with E-state index in [-0.39, 0.29) is 12.5 Å². The predicted molar refractivity (Wildman–Crippen MR) is 57.7 cm³/mol. The van der Waals surface area contributed by atoms with Gasteiger partial charge < -0.3 is 5.32 Å². The molecule has 0 fully saturated rings. The Morgan fingerprint density at radius 2 is 2.06 bits per heavy atom. The Kier molecular flexibility index (Phi) is 5.01. The maximum atomic E-state index is 11.0. The highest BCUT2D eigenvalue weighted by molar-refractivity contribution is 5.75. The third kappa shape index (κ3) is 4.10. The van der Waals surface area contributed by atoms with Crippen molar-refractivity contribution < 1.29 is 14.8 Å². The number of carbonyl (C=O) groups excluding carboxylic acids is 2. The maximum absolute atomic E-state index is 11.0. The molecule has 5 heteroatoms.